The third-order valence-corrected chi connectivity index (χ3v) is 3.80. The summed E-state index contributed by atoms with van der Waals surface area (Å²) in [4.78, 5) is 16.4. The summed E-state index contributed by atoms with van der Waals surface area (Å²) in [5.41, 5.74) is 0.347. The van der Waals surface area contributed by atoms with Crippen LogP contribution >= 0.6 is 11.6 Å². The molecule has 0 unspecified atom stereocenters. The number of rotatable bonds is 1. The van der Waals surface area contributed by atoms with Crippen LogP contribution in [0.3, 0.4) is 0 Å². The van der Waals surface area contributed by atoms with Gasteiger partial charge in [-0.1, -0.05) is 30.9 Å². The van der Waals surface area contributed by atoms with Crippen molar-refractivity contribution in [2.24, 2.45) is 0 Å². The Morgan fingerprint density at radius 3 is 2.78 bits per heavy atom. The number of fused-ring (bicyclic) bond motifs is 1. The molecule has 94 valence electrons. The molecular weight excluding hydrogens is 250 g/mol. The van der Waals surface area contributed by atoms with E-state index in [1.807, 2.05) is 0 Å². The van der Waals surface area contributed by atoms with Crippen LogP contribution in [0.15, 0.2) is 27.4 Å². The molecule has 1 aromatic carbocycles. The van der Waals surface area contributed by atoms with Crippen molar-refractivity contribution in [3.63, 3.8) is 0 Å². The molecule has 0 aliphatic heterocycles. The van der Waals surface area contributed by atoms with Crippen molar-refractivity contribution in [1.29, 1.82) is 0 Å². The lowest BCUT2D eigenvalue weighted by molar-refractivity contribution is 0.342. The van der Waals surface area contributed by atoms with Gasteiger partial charge in [0.05, 0.1) is 10.9 Å². The zero-order valence-corrected chi connectivity index (χ0v) is 10.7. The Kier molecular flexibility index (Phi) is 3.08. The van der Waals surface area contributed by atoms with Gasteiger partial charge in [0.15, 0.2) is 0 Å². The van der Waals surface area contributed by atoms with Gasteiger partial charge in [-0.3, -0.25) is 0 Å². The highest BCUT2D eigenvalue weighted by atomic mass is 35.5. The maximum atomic E-state index is 11.9. The van der Waals surface area contributed by atoms with Gasteiger partial charge in [0.1, 0.15) is 0 Å². The van der Waals surface area contributed by atoms with E-state index < -0.39 is 0 Å². The van der Waals surface area contributed by atoms with E-state index in [-0.39, 0.29) is 5.63 Å². The van der Waals surface area contributed by atoms with E-state index in [9.17, 15) is 4.79 Å². The molecule has 1 aromatic heterocycles. The minimum absolute atomic E-state index is 0.298. The van der Waals surface area contributed by atoms with Crippen LogP contribution in [0.4, 0.5) is 0 Å². The lowest BCUT2D eigenvalue weighted by Gasteiger charge is -2.19. The van der Waals surface area contributed by atoms with Gasteiger partial charge in [-0.05, 0) is 31.0 Å². The van der Waals surface area contributed by atoms with Crippen molar-refractivity contribution in [1.82, 2.24) is 4.98 Å². The second kappa shape index (κ2) is 4.73. The van der Waals surface area contributed by atoms with Crippen molar-refractivity contribution in [2.45, 2.75) is 38.0 Å². The van der Waals surface area contributed by atoms with Crippen LogP contribution in [0.2, 0.25) is 5.02 Å². The van der Waals surface area contributed by atoms with Gasteiger partial charge in [-0.2, -0.15) is 0 Å². The number of halogens is 1. The monoisotopic (exact) mass is 263 g/mol. The van der Waals surface area contributed by atoms with Gasteiger partial charge in [-0.15, -0.1) is 0 Å². The second-order valence-electron chi connectivity index (χ2n) is 4.84. The van der Waals surface area contributed by atoms with E-state index in [1.165, 1.54) is 19.3 Å². The molecule has 0 spiro atoms. The fraction of sp³-hybridized carbons (Fsp3) is 0.429. The predicted octanol–water partition coefficient (Wildman–Crippen LogP) is 3.89. The molecular formula is C14H14ClNO2. The Hall–Kier alpha value is -1.35. The molecule has 0 radical (unpaired) electrons. The van der Waals surface area contributed by atoms with Gasteiger partial charge in [0.2, 0.25) is 5.89 Å². The van der Waals surface area contributed by atoms with Crippen LogP contribution in [0.1, 0.15) is 43.9 Å². The SMILES string of the molecule is O=c1oc(C2CCCCC2)nc2ccc(Cl)cc12. The number of hydrogen-bond donors (Lipinski definition) is 0. The van der Waals surface area contributed by atoms with Crippen molar-refractivity contribution in [3.05, 3.63) is 39.5 Å². The number of benzene rings is 1. The zero-order chi connectivity index (χ0) is 12.5. The number of hydrogen-bond acceptors (Lipinski definition) is 3. The van der Waals surface area contributed by atoms with Crippen molar-refractivity contribution in [3.8, 4) is 0 Å². The summed E-state index contributed by atoms with van der Waals surface area (Å²) in [6.07, 6.45) is 5.78. The minimum Gasteiger partial charge on any atom is -0.408 e. The van der Waals surface area contributed by atoms with Gasteiger partial charge in [0, 0.05) is 10.9 Å². The van der Waals surface area contributed by atoms with Crippen LogP contribution < -0.4 is 5.63 Å². The molecule has 0 saturated heterocycles. The summed E-state index contributed by atoms with van der Waals surface area (Å²) in [5, 5.41) is 0.990. The molecule has 1 fully saturated rings. The van der Waals surface area contributed by atoms with Gasteiger partial charge in [0.25, 0.3) is 0 Å². The topological polar surface area (TPSA) is 43.1 Å². The number of aromatic nitrogens is 1. The Morgan fingerprint density at radius 2 is 2.00 bits per heavy atom. The molecule has 1 aliphatic carbocycles. The normalized spacial score (nSPS) is 17.2. The molecule has 4 heteroatoms. The standard InChI is InChI=1S/C14H14ClNO2/c15-10-6-7-12-11(8-10)14(17)18-13(16-12)9-4-2-1-3-5-9/h6-9H,1-5H2. The van der Waals surface area contributed by atoms with Crippen molar-refractivity contribution in [2.75, 3.05) is 0 Å². The molecule has 2 aromatic rings. The maximum Gasteiger partial charge on any atom is 0.346 e. The molecule has 0 amide bonds. The Balaban J connectivity index is 2.09. The first kappa shape index (κ1) is 11.7. The van der Waals surface area contributed by atoms with E-state index >= 15 is 0 Å². The Morgan fingerprint density at radius 1 is 1.22 bits per heavy atom. The molecule has 3 rings (SSSR count). The highest BCUT2D eigenvalue weighted by Gasteiger charge is 2.20. The molecule has 3 nitrogen and oxygen atoms in total. The summed E-state index contributed by atoms with van der Waals surface area (Å²) in [6.45, 7) is 0. The van der Waals surface area contributed by atoms with Crippen molar-refractivity contribution >= 4 is 22.5 Å². The summed E-state index contributed by atoms with van der Waals surface area (Å²) >= 11 is 5.87. The maximum absolute atomic E-state index is 11.9. The zero-order valence-electron chi connectivity index (χ0n) is 9.99. The molecule has 0 bridgehead atoms. The third kappa shape index (κ3) is 2.15. The molecule has 1 heterocycles. The average molecular weight is 264 g/mol. The highest BCUT2D eigenvalue weighted by Crippen LogP contribution is 2.31. The van der Waals surface area contributed by atoms with E-state index in [1.54, 1.807) is 18.2 Å². The fourth-order valence-electron chi connectivity index (χ4n) is 2.58. The minimum atomic E-state index is -0.330. The Labute approximate surface area is 110 Å². The van der Waals surface area contributed by atoms with E-state index in [0.717, 1.165) is 12.8 Å². The van der Waals surface area contributed by atoms with Crippen LogP contribution in [-0.2, 0) is 0 Å². The lowest BCUT2D eigenvalue weighted by Crippen LogP contribution is -2.11. The molecule has 0 atom stereocenters. The quantitative estimate of drug-likeness (QED) is 0.784. The summed E-state index contributed by atoms with van der Waals surface area (Å²) < 4.78 is 5.36. The van der Waals surface area contributed by atoms with Gasteiger partial charge < -0.3 is 4.42 Å². The number of nitrogens with zero attached hydrogens (tertiary/aromatic N) is 1. The van der Waals surface area contributed by atoms with Crippen LogP contribution in [0.5, 0.6) is 0 Å². The van der Waals surface area contributed by atoms with Crippen molar-refractivity contribution < 1.29 is 4.42 Å². The predicted molar refractivity (Wildman–Crippen MR) is 71.1 cm³/mol. The van der Waals surface area contributed by atoms with E-state index in [0.29, 0.717) is 27.7 Å². The second-order valence-corrected chi connectivity index (χ2v) is 5.27. The molecule has 0 N–H and O–H groups in total. The lowest BCUT2D eigenvalue weighted by atomic mass is 9.89. The van der Waals surface area contributed by atoms with Gasteiger partial charge in [-0.25, -0.2) is 9.78 Å². The fourth-order valence-corrected chi connectivity index (χ4v) is 2.76. The summed E-state index contributed by atoms with van der Waals surface area (Å²) in [7, 11) is 0. The van der Waals surface area contributed by atoms with E-state index in [4.69, 9.17) is 16.0 Å². The highest BCUT2D eigenvalue weighted by molar-refractivity contribution is 6.31. The van der Waals surface area contributed by atoms with Crippen LogP contribution in [0.25, 0.3) is 10.9 Å². The van der Waals surface area contributed by atoms with Crippen LogP contribution in [-0.4, -0.2) is 4.98 Å². The first-order valence-corrected chi connectivity index (χ1v) is 6.72. The van der Waals surface area contributed by atoms with Crippen LogP contribution in [0, 0.1) is 0 Å². The average Bonchev–Trinajstić information content (AvgIpc) is 2.40. The first-order valence-electron chi connectivity index (χ1n) is 6.34. The van der Waals surface area contributed by atoms with Gasteiger partial charge >= 0.3 is 5.63 Å². The molecule has 18 heavy (non-hydrogen) atoms. The smallest absolute Gasteiger partial charge is 0.346 e. The summed E-state index contributed by atoms with van der Waals surface area (Å²) in [5.74, 6) is 0.890. The largest absolute Gasteiger partial charge is 0.408 e. The third-order valence-electron chi connectivity index (χ3n) is 3.56. The molecule has 1 saturated carbocycles. The summed E-state index contributed by atoms with van der Waals surface area (Å²) in [6, 6.07) is 5.14. The Bertz CT molecular complexity index is 629. The van der Waals surface area contributed by atoms with E-state index in [2.05, 4.69) is 4.98 Å². The first-order chi connectivity index (χ1) is 8.74. The molecule has 1 aliphatic rings.